The van der Waals surface area contributed by atoms with Crippen LogP contribution in [0.5, 0.6) is 0 Å². The van der Waals surface area contributed by atoms with E-state index in [0.29, 0.717) is 0 Å². The molecule has 13 heteroatoms. The fourth-order valence-corrected chi connectivity index (χ4v) is 2.88. The van der Waals surface area contributed by atoms with Crippen molar-refractivity contribution in [3.63, 3.8) is 0 Å². The molecule has 0 fully saturated rings. The van der Waals surface area contributed by atoms with E-state index >= 15 is 0 Å². The molecular weight excluding hydrogens is 370 g/mol. The first-order valence-electron chi connectivity index (χ1n) is 5.45. The van der Waals surface area contributed by atoms with Gasteiger partial charge in [0.2, 0.25) is 0 Å². The van der Waals surface area contributed by atoms with Crippen LogP contribution in [0.2, 0.25) is 0 Å². The Morgan fingerprint density at radius 1 is 0.826 bits per heavy atom. The van der Waals surface area contributed by atoms with Crippen LogP contribution < -0.4 is 0 Å². The smallest absolute Gasteiger partial charge is 0.291 e. The number of rotatable bonds is 7. The second-order valence-corrected chi connectivity index (χ2v) is 5.95. The van der Waals surface area contributed by atoms with Crippen molar-refractivity contribution in [3.8, 4) is 0 Å². The summed E-state index contributed by atoms with van der Waals surface area (Å²) in [6.45, 7) is 5.22. The Balaban J connectivity index is 5.62. The molecule has 0 aliphatic heterocycles. The van der Waals surface area contributed by atoms with Crippen molar-refractivity contribution in [1.82, 2.24) is 0 Å². The van der Waals surface area contributed by atoms with Gasteiger partial charge in [0.05, 0.1) is 0 Å². The number of hydrogen-bond donors (Lipinski definition) is 0. The van der Waals surface area contributed by atoms with Gasteiger partial charge in [0.15, 0.2) is 12.2 Å². The average molecular weight is 380 g/mol. The monoisotopic (exact) mass is 380 g/mol. The maximum absolute atomic E-state index is 12.4. The minimum absolute atomic E-state index is 0.0666. The van der Waals surface area contributed by atoms with Crippen LogP contribution in [-0.2, 0) is 13.6 Å². The van der Waals surface area contributed by atoms with E-state index < -0.39 is 44.5 Å². The van der Waals surface area contributed by atoms with Crippen molar-refractivity contribution in [3.05, 3.63) is 25.3 Å². The Labute approximate surface area is 124 Å². The summed E-state index contributed by atoms with van der Waals surface area (Å²) in [5.74, 6) is 0. The lowest BCUT2D eigenvalue weighted by atomic mass is 10.3. The highest BCUT2D eigenvalue weighted by atomic mass is 31.2. The fraction of sp³-hybridized carbons (Fsp3) is 0.600. The summed E-state index contributed by atoms with van der Waals surface area (Å²) in [6, 6.07) is 0. The van der Waals surface area contributed by atoms with E-state index in [-0.39, 0.29) is 12.2 Å². The maximum Gasteiger partial charge on any atom is 0.418 e. The van der Waals surface area contributed by atoms with Crippen LogP contribution >= 0.6 is 7.60 Å². The van der Waals surface area contributed by atoms with E-state index in [0.717, 1.165) is 0 Å². The summed E-state index contributed by atoms with van der Waals surface area (Å²) in [5, 5.41) is 0. The third-order valence-electron chi connectivity index (χ3n) is 1.99. The van der Waals surface area contributed by atoms with E-state index in [2.05, 4.69) is 22.2 Å². The Morgan fingerprint density at radius 3 is 1.30 bits per heavy atom. The van der Waals surface area contributed by atoms with Gasteiger partial charge in [0.1, 0.15) is 6.16 Å². The number of halogens is 9. The fourth-order valence-electron chi connectivity index (χ4n) is 1.14. The van der Waals surface area contributed by atoms with Gasteiger partial charge in [-0.25, -0.2) is 0 Å². The van der Waals surface area contributed by atoms with Crippen LogP contribution in [0.3, 0.4) is 0 Å². The molecule has 0 N–H and O–H groups in total. The Kier molecular flexibility index (Phi) is 6.95. The van der Waals surface area contributed by atoms with Crippen LogP contribution in [-0.4, -0.2) is 36.9 Å². The zero-order valence-electron chi connectivity index (χ0n) is 11.0. The van der Waals surface area contributed by atoms with E-state index in [9.17, 15) is 44.1 Å². The van der Waals surface area contributed by atoms with Gasteiger partial charge in [-0.05, 0) is 0 Å². The van der Waals surface area contributed by atoms with Crippen LogP contribution in [0.4, 0.5) is 39.5 Å². The summed E-state index contributed by atoms with van der Waals surface area (Å²) < 4.78 is 131. The van der Waals surface area contributed by atoms with E-state index in [1.807, 2.05) is 0 Å². The first-order chi connectivity index (χ1) is 10.0. The van der Waals surface area contributed by atoms with Crippen molar-refractivity contribution < 1.29 is 53.1 Å². The first kappa shape index (κ1) is 22.0. The van der Waals surface area contributed by atoms with Crippen LogP contribution in [0.1, 0.15) is 0 Å². The molecule has 23 heavy (non-hydrogen) atoms. The van der Waals surface area contributed by atoms with Crippen molar-refractivity contribution in [2.24, 2.45) is 0 Å². The van der Waals surface area contributed by atoms with Gasteiger partial charge in [-0.3, -0.25) is 13.6 Å². The van der Waals surface area contributed by atoms with Crippen LogP contribution in [0, 0.1) is 0 Å². The van der Waals surface area contributed by atoms with Crippen molar-refractivity contribution >= 4 is 7.60 Å². The maximum atomic E-state index is 12.4. The van der Waals surface area contributed by atoms with E-state index in [4.69, 9.17) is 0 Å². The molecule has 0 aliphatic rings. The topological polar surface area (TPSA) is 35.5 Å². The molecule has 2 unspecified atom stereocenters. The molecule has 0 bridgehead atoms. The molecule has 0 radical (unpaired) electrons. The summed E-state index contributed by atoms with van der Waals surface area (Å²) in [6.07, 6.45) is -25.3. The molecule has 0 spiro atoms. The van der Waals surface area contributed by atoms with Crippen LogP contribution in [0.15, 0.2) is 25.3 Å². The average Bonchev–Trinajstić information content (AvgIpc) is 2.28. The highest BCUT2D eigenvalue weighted by Crippen LogP contribution is 2.56. The lowest BCUT2D eigenvalue weighted by Crippen LogP contribution is -2.34. The molecule has 3 nitrogen and oxygen atoms in total. The summed E-state index contributed by atoms with van der Waals surface area (Å²) in [5.41, 5.74) is 0. The SMILES string of the molecule is C=CC(OP(=O)(CC(F)(F)F)OC(C=C)C(F)(F)F)C(F)(F)F. The van der Waals surface area contributed by atoms with Crippen molar-refractivity contribution in [2.45, 2.75) is 30.7 Å². The zero-order chi connectivity index (χ0) is 18.7. The molecule has 0 rings (SSSR count). The summed E-state index contributed by atoms with van der Waals surface area (Å²) in [4.78, 5) is 0. The van der Waals surface area contributed by atoms with Gasteiger partial charge in [-0.1, -0.05) is 12.2 Å². The normalized spacial score (nSPS) is 18.8. The van der Waals surface area contributed by atoms with Gasteiger partial charge in [-0.15, -0.1) is 13.2 Å². The van der Waals surface area contributed by atoms with E-state index in [1.54, 1.807) is 0 Å². The lowest BCUT2D eigenvalue weighted by molar-refractivity contribution is -0.196. The Hall–Kier alpha value is -1.00. The molecule has 0 saturated carbocycles. The zero-order valence-corrected chi connectivity index (χ0v) is 11.9. The molecular formula is C10H10F9O3P. The molecule has 0 aromatic carbocycles. The van der Waals surface area contributed by atoms with Gasteiger partial charge in [0.25, 0.3) is 0 Å². The van der Waals surface area contributed by atoms with Gasteiger partial charge < -0.3 is 0 Å². The molecule has 0 aliphatic carbocycles. The molecule has 0 amide bonds. The van der Waals surface area contributed by atoms with Gasteiger partial charge >= 0.3 is 26.1 Å². The molecule has 136 valence electrons. The second kappa shape index (κ2) is 7.27. The Bertz CT molecular complexity index is 434. The van der Waals surface area contributed by atoms with E-state index in [1.165, 1.54) is 0 Å². The van der Waals surface area contributed by atoms with Crippen molar-refractivity contribution in [1.29, 1.82) is 0 Å². The quantitative estimate of drug-likeness (QED) is 0.354. The number of alkyl halides is 9. The molecule has 0 aromatic rings. The molecule has 2 atom stereocenters. The largest absolute Gasteiger partial charge is 0.418 e. The van der Waals surface area contributed by atoms with Gasteiger partial charge in [0, 0.05) is 0 Å². The highest BCUT2D eigenvalue weighted by Gasteiger charge is 2.52. The van der Waals surface area contributed by atoms with Crippen molar-refractivity contribution in [2.75, 3.05) is 6.16 Å². The minimum atomic E-state index is -5.89. The minimum Gasteiger partial charge on any atom is -0.291 e. The highest BCUT2D eigenvalue weighted by molar-refractivity contribution is 7.54. The first-order valence-corrected chi connectivity index (χ1v) is 7.18. The summed E-state index contributed by atoms with van der Waals surface area (Å²) >= 11 is 0. The van der Waals surface area contributed by atoms with Crippen LogP contribution in [0.25, 0.3) is 0 Å². The predicted octanol–water partition coefficient (Wildman–Crippen LogP) is 5.01. The molecule has 0 saturated heterocycles. The standard InChI is InChI=1S/C10H10F9O3P/c1-3-6(9(14,15)16)21-23(20,5-8(11,12)13)22-7(4-2)10(17,18)19/h3-4,6-7H,1-2,5H2. The lowest BCUT2D eigenvalue weighted by Gasteiger charge is -2.28. The Morgan fingerprint density at radius 2 is 1.13 bits per heavy atom. The second-order valence-electron chi connectivity index (χ2n) is 3.99. The predicted molar refractivity (Wildman–Crippen MR) is 60.8 cm³/mol. The third kappa shape index (κ3) is 7.89. The molecule has 0 aromatic heterocycles. The third-order valence-corrected chi connectivity index (χ3v) is 3.84. The summed E-state index contributed by atoms with van der Waals surface area (Å²) in [7, 11) is -5.89. The number of hydrogen-bond acceptors (Lipinski definition) is 3. The van der Waals surface area contributed by atoms with Gasteiger partial charge in [-0.2, -0.15) is 39.5 Å². The molecule has 0 heterocycles.